The van der Waals surface area contributed by atoms with Gasteiger partial charge < -0.3 is 10.4 Å². The van der Waals surface area contributed by atoms with Crippen molar-refractivity contribution in [2.24, 2.45) is 5.41 Å². The molecule has 2 heterocycles. The fourth-order valence-electron chi connectivity index (χ4n) is 5.15. The molecule has 32 heavy (non-hydrogen) atoms. The molecule has 2 aromatic carbocycles. The molecule has 2 aromatic rings. The SMILES string of the molecule is CC(C)(C)CC1NC(C(=O)O)C(c2cccc(Cl)c2F)C12C(=O)Nc1cc(Cl)c(F)cc12. The van der Waals surface area contributed by atoms with Crippen molar-refractivity contribution >= 4 is 40.8 Å². The molecule has 1 spiro atoms. The van der Waals surface area contributed by atoms with Crippen molar-refractivity contribution in [3.8, 4) is 0 Å². The van der Waals surface area contributed by atoms with Gasteiger partial charge in [0.1, 0.15) is 23.1 Å². The van der Waals surface area contributed by atoms with Crippen LogP contribution < -0.4 is 10.6 Å². The first-order valence-electron chi connectivity index (χ1n) is 10.1. The molecule has 4 atom stereocenters. The number of amides is 1. The number of benzene rings is 2. The van der Waals surface area contributed by atoms with E-state index in [-0.39, 0.29) is 32.3 Å². The average molecular weight is 483 g/mol. The van der Waals surface area contributed by atoms with E-state index in [9.17, 15) is 19.1 Å². The highest BCUT2D eigenvalue weighted by atomic mass is 35.5. The van der Waals surface area contributed by atoms with Crippen molar-refractivity contribution < 1.29 is 23.5 Å². The standard InChI is InChI=1S/C23H22Cl2F2N2O3/c1-22(2,3)9-16-23(11-7-14(26)13(25)8-15(11)28-21(23)32)17(19(29-16)20(30)31)10-5-4-6-12(24)18(10)27/h4-8,16-17,19,29H,9H2,1-3H3,(H,28,32)(H,30,31). The van der Waals surface area contributed by atoms with Crippen molar-refractivity contribution in [1.82, 2.24) is 5.32 Å². The number of fused-ring (bicyclic) bond motifs is 2. The van der Waals surface area contributed by atoms with Gasteiger partial charge in [-0.05, 0) is 41.2 Å². The Labute approximate surface area is 194 Å². The number of carbonyl (C=O) groups is 2. The quantitative estimate of drug-likeness (QED) is 0.568. The van der Waals surface area contributed by atoms with Crippen LogP contribution in [-0.2, 0) is 15.0 Å². The Balaban J connectivity index is 2.06. The summed E-state index contributed by atoms with van der Waals surface area (Å²) in [5, 5.41) is 15.5. The van der Waals surface area contributed by atoms with Gasteiger partial charge in [-0.3, -0.25) is 14.9 Å². The van der Waals surface area contributed by atoms with E-state index in [1.54, 1.807) is 0 Å². The van der Waals surface area contributed by atoms with E-state index >= 15 is 4.39 Å². The number of nitrogens with one attached hydrogen (secondary N) is 2. The molecule has 0 radical (unpaired) electrons. The average Bonchev–Trinajstić information content (AvgIpc) is 3.14. The number of rotatable bonds is 3. The Hall–Kier alpha value is -2.22. The lowest BCUT2D eigenvalue weighted by Crippen LogP contribution is -2.49. The summed E-state index contributed by atoms with van der Waals surface area (Å²) in [4.78, 5) is 26.0. The molecule has 1 saturated heterocycles. The summed E-state index contributed by atoms with van der Waals surface area (Å²) in [6, 6.07) is 4.67. The summed E-state index contributed by atoms with van der Waals surface area (Å²) >= 11 is 12.0. The zero-order valence-electron chi connectivity index (χ0n) is 17.6. The Kier molecular flexibility index (Phi) is 5.51. The minimum atomic E-state index is -1.59. The summed E-state index contributed by atoms with van der Waals surface area (Å²) in [6.07, 6.45) is 0.368. The van der Waals surface area contributed by atoms with Crippen molar-refractivity contribution in [2.75, 3.05) is 5.32 Å². The molecule has 2 aliphatic heterocycles. The summed E-state index contributed by atoms with van der Waals surface area (Å²) < 4.78 is 29.9. The van der Waals surface area contributed by atoms with Gasteiger partial charge >= 0.3 is 5.97 Å². The molecule has 5 nitrogen and oxygen atoms in total. The monoisotopic (exact) mass is 482 g/mol. The van der Waals surface area contributed by atoms with Crippen LogP contribution in [0.1, 0.15) is 44.2 Å². The lowest BCUT2D eigenvalue weighted by molar-refractivity contribution is -0.139. The topological polar surface area (TPSA) is 78.4 Å². The fourth-order valence-corrected chi connectivity index (χ4v) is 5.50. The van der Waals surface area contributed by atoms with Gasteiger partial charge in [0.15, 0.2) is 0 Å². The molecule has 2 aliphatic rings. The van der Waals surface area contributed by atoms with E-state index in [0.717, 1.165) is 6.07 Å². The lowest BCUT2D eigenvalue weighted by Gasteiger charge is -2.37. The molecule has 0 bridgehead atoms. The lowest BCUT2D eigenvalue weighted by atomic mass is 9.62. The van der Waals surface area contributed by atoms with Gasteiger partial charge in [-0.1, -0.05) is 56.1 Å². The molecule has 9 heteroatoms. The fraction of sp³-hybridized carbons (Fsp3) is 0.391. The highest BCUT2D eigenvalue weighted by Gasteiger charge is 2.66. The second-order valence-corrected chi connectivity index (χ2v) is 10.4. The molecule has 4 rings (SSSR count). The molecular weight excluding hydrogens is 461 g/mol. The van der Waals surface area contributed by atoms with Crippen LogP contribution in [-0.4, -0.2) is 29.1 Å². The number of anilines is 1. The van der Waals surface area contributed by atoms with Crippen LogP contribution in [0.4, 0.5) is 14.5 Å². The van der Waals surface area contributed by atoms with Crippen LogP contribution in [0.25, 0.3) is 0 Å². The molecule has 170 valence electrons. The van der Waals surface area contributed by atoms with E-state index in [1.807, 2.05) is 20.8 Å². The maximum absolute atomic E-state index is 15.3. The number of halogens is 4. The molecular formula is C23H22Cl2F2N2O3. The summed E-state index contributed by atoms with van der Waals surface area (Å²) in [7, 11) is 0. The highest BCUT2D eigenvalue weighted by molar-refractivity contribution is 6.31. The summed E-state index contributed by atoms with van der Waals surface area (Å²) in [5.74, 6) is -4.53. The van der Waals surface area contributed by atoms with Crippen molar-refractivity contribution in [3.05, 3.63) is 63.1 Å². The van der Waals surface area contributed by atoms with Gasteiger partial charge in [0, 0.05) is 17.6 Å². The number of aliphatic carboxylic acids is 1. The zero-order chi connectivity index (χ0) is 23.6. The summed E-state index contributed by atoms with van der Waals surface area (Å²) in [6.45, 7) is 5.84. The first kappa shape index (κ1) is 23.0. The number of carboxylic acids is 1. The predicted molar refractivity (Wildman–Crippen MR) is 118 cm³/mol. The Morgan fingerprint density at radius 3 is 2.50 bits per heavy atom. The molecule has 1 amide bonds. The number of hydrogen-bond acceptors (Lipinski definition) is 3. The third-order valence-corrected chi connectivity index (χ3v) is 6.86. The van der Waals surface area contributed by atoms with Crippen molar-refractivity contribution in [3.63, 3.8) is 0 Å². The van der Waals surface area contributed by atoms with E-state index in [0.29, 0.717) is 6.42 Å². The van der Waals surface area contributed by atoms with Gasteiger partial charge in [0.05, 0.1) is 10.0 Å². The number of hydrogen-bond donors (Lipinski definition) is 3. The Morgan fingerprint density at radius 1 is 1.19 bits per heavy atom. The first-order chi connectivity index (χ1) is 14.9. The molecule has 0 saturated carbocycles. The molecule has 3 N–H and O–H groups in total. The summed E-state index contributed by atoms with van der Waals surface area (Å²) in [5.41, 5.74) is -1.42. The normalized spacial score (nSPS) is 27.0. The van der Waals surface area contributed by atoms with Gasteiger partial charge in [-0.15, -0.1) is 0 Å². The van der Waals surface area contributed by atoms with E-state index in [4.69, 9.17) is 23.2 Å². The van der Waals surface area contributed by atoms with Gasteiger partial charge in [-0.25, -0.2) is 8.78 Å². The van der Waals surface area contributed by atoms with Gasteiger partial charge in [0.2, 0.25) is 5.91 Å². The molecule has 1 fully saturated rings. The number of carbonyl (C=O) groups excluding carboxylic acids is 1. The first-order valence-corrected chi connectivity index (χ1v) is 10.9. The van der Waals surface area contributed by atoms with Crippen LogP contribution in [0.5, 0.6) is 0 Å². The van der Waals surface area contributed by atoms with Crippen LogP contribution in [0.3, 0.4) is 0 Å². The van der Waals surface area contributed by atoms with Crippen LogP contribution >= 0.6 is 23.2 Å². The van der Waals surface area contributed by atoms with Crippen LogP contribution in [0, 0.1) is 17.0 Å². The van der Waals surface area contributed by atoms with Crippen LogP contribution in [0.15, 0.2) is 30.3 Å². The maximum Gasteiger partial charge on any atom is 0.321 e. The van der Waals surface area contributed by atoms with Gasteiger partial charge in [-0.2, -0.15) is 0 Å². The maximum atomic E-state index is 15.3. The minimum Gasteiger partial charge on any atom is -0.480 e. The molecule has 0 aromatic heterocycles. The molecule has 0 aliphatic carbocycles. The Bertz CT molecular complexity index is 1130. The van der Waals surface area contributed by atoms with E-state index < -0.39 is 46.9 Å². The second-order valence-electron chi connectivity index (χ2n) is 9.56. The van der Waals surface area contributed by atoms with E-state index in [2.05, 4.69) is 10.6 Å². The zero-order valence-corrected chi connectivity index (χ0v) is 19.1. The van der Waals surface area contributed by atoms with Crippen molar-refractivity contribution in [1.29, 1.82) is 0 Å². The van der Waals surface area contributed by atoms with Crippen molar-refractivity contribution in [2.45, 2.75) is 50.6 Å². The predicted octanol–water partition coefficient (Wildman–Crippen LogP) is 5.11. The third-order valence-electron chi connectivity index (χ3n) is 6.28. The van der Waals surface area contributed by atoms with Gasteiger partial charge in [0.25, 0.3) is 0 Å². The highest BCUT2D eigenvalue weighted by Crippen LogP contribution is 2.57. The third kappa shape index (κ3) is 3.38. The van der Waals surface area contributed by atoms with E-state index in [1.165, 1.54) is 24.3 Å². The van der Waals surface area contributed by atoms with Crippen LogP contribution in [0.2, 0.25) is 10.0 Å². The minimum absolute atomic E-state index is 0.0211. The smallest absolute Gasteiger partial charge is 0.321 e. The largest absolute Gasteiger partial charge is 0.480 e. The Morgan fingerprint density at radius 2 is 1.88 bits per heavy atom. The molecule has 4 unspecified atom stereocenters. The number of carboxylic acid groups (broad SMARTS) is 1. The second kappa shape index (κ2) is 7.68.